The zero-order valence-electron chi connectivity index (χ0n) is 13.9. The van der Waals surface area contributed by atoms with Gasteiger partial charge in [0, 0.05) is 13.1 Å². The highest BCUT2D eigenvalue weighted by atomic mass is 32.2. The van der Waals surface area contributed by atoms with Crippen molar-refractivity contribution in [2.75, 3.05) is 24.8 Å². The quantitative estimate of drug-likeness (QED) is 0.682. The van der Waals surface area contributed by atoms with Crippen LogP contribution in [0.15, 0.2) is 6.07 Å². The molecule has 0 radical (unpaired) electrons. The third kappa shape index (κ3) is 5.20. The second-order valence-electron chi connectivity index (χ2n) is 5.82. The number of nitrogens with zero attached hydrogens (tertiary/aromatic N) is 3. The van der Waals surface area contributed by atoms with Crippen LogP contribution in [0.25, 0.3) is 0 Å². The minimum Gasteiger partial charge on any atom is -0.383 e. The van der Waals surface area contributed by atoms with Crippen LogP contribution in [0.1, 0.15) is 24.2 Å². The highest BCUT2D eigenvalue weighted by molar-refractivity contribution is 7.98. The van der Waals surface area contributed by atoms with E-state index in [1.54, 1.807) is 22.5 Å². The minimum atomic E-state index is -3.24. The van der Waals surface area contributed by atoms with Crippen LogP contribution in [-0.4, -0.2) is 64.4 Å². The lowest BCUT2D eigenvalue weighted by Gasteiger charge is -2.16. The molecule has 0 aliphatic carbocycles. The summed E-state index contributed by atoms with van der Waals surface area (Å²) < 4.78 is 26.7. The van der Waals surface area contributed by atoms with E-state index in [0.29, 0.717) is 37.4 Å². The summed E-state index contributed by atoms with van der Waals surface area (Å²) in [6.45, 7) is 1.63. The van der Waals surface area contributed by atoms with E-state index in [2.05, 4.69) is 10.4 Å². The van der Waals surface area contributed by atoms with Crippen molar-refractivity contribution >= 4 is 27.7 Å². The van der Waals surface area contributed by atoms with Gasteiger partial charge in [-0.3, -0.25) is 9.48 Å². The topological polar surface area (TPSA) is 105 Å². The number of aromatic nitrogens is 2. The molecule has 2 N–H and O–H groups in total. The summed E-state index contributed by atoms with van der Waals surface area (Å²) in [5.74, 6) is 0.305. The number of aryl methyl sites for hydroxylation is 1. The molecule has 8 nitrogen and oxygen atoms in total. The van der Waals surface area contributed by atoms with Crippen molar-refractivity contribution < 1.29 is 18.3 Å². The van der Waals surface area contributed by atoms with Gasteiger partial charge >= 0.3 is 0 Å². The first-order valence-electron chi connectivity index (χ1n) is 7.76. The van der Waals surface area contributed by atoms with Crippen molar-refractivity contribution in [1.82, 2.24) is 19.4 Å². The Balaban J connectivity index is 1.96. The Morgan fingerprint density at radius 1 is 1.50 bits per heavy atom. The van der Waals surface area contributed by atoms with Crippen molar-refractivity contribution in [2.24, 2.45) is 0 Å². The number of thioether (sulfide) groups is 1. The van der Waals surface area contributed by atoms with Crippen LogP contribution < -0.4 is 5.32 Å². The van der Waals surface area contributed by atoms with E-state index in [-0.39, 0.29) is 13.1 Å². The van der Waals surface area contributed by atoms with Crippen LogP contribution in [-0.2, 0) is 34.5 Å². The first-order chi connectivity index (χ1) is 11.3. The Hall–Kier alpha value is -1.10. The monoisotopic (exact) mass is 376 g/mol. The van der Waals surface area contributed by atoms with E-state index in [9.17, 15) is 18.3 Å². The van der Waals surface area contributed by atoms with Gasteiger partial charge in [0.15, 0.2) is 0 Å². The molecule has 2 rings (SSSR count). The van der Waals surface area contributed by atoms with Gasteiger partial charge < -0.3 is 10.4 Å². The van der Waals surface area contributed by atoms with Gasteiger partial charge in [0.2, 0.25) is 15.9 Å². The zero-order valence-corrected chi connectivity index (χ0v) is 15.6. The van der Waals surface area contributed by atoms with Crippen molar-refractivity contribution in [1.29, 1.82) is 0 Å². The highest BCUT2D eigenvalue weighted by Gasteiger charge is 2.23. The molecule has 1 aromatic rings. The number of fused-ring (bicyclic) bond motifs is 1. The summed E-state index contributed by atoms with van der Waals surface area (Å²) in [6.07, 6.45) is 3.22. The van der Waals surface area contributed by atoms with Gasteiger partial charge in [0.05, 0.1) is 30.7 Å². The Labute approximate surface area is 146 Å². The number of carbonyl (C=O) groups is 1. The van der Waals surface area contributed by atoms with Crippen LogP contribution in [0, 0.1) is 0 Å². The first-order valence-corrected chi connectivity index (χ1v) is 11.0. The second kappa shape index (κ2) is 8.32. The molecule has 1 unspecified atom stereocenters. The molecule has 0 saturated heterocycles. The fourth-order valence-electron chi connectivity index (χ4n) is 2.52. The Morgan fingerprint density at radius 2 is 2.25 bits per heavy atom. The molecule has 24 heavy (non-hydrogen) atoms. The van der Waals surface area contributed by atoms with E-state index in [4.69, 9.17) is 0 Å². The number of rotatable bonds is 7. The van der Waals surface area contributed by atoms with Gasteiger partial charge in [0.1, 0.15) is 6.10 Å². The van der Waals surface area contributed by atoms with E-state index in [1.165, 1.54) is 10.6 Å². The average Bonchev–Trinajstić information content (AvgIpc) is 2.79. The van der Waals surface area contributed by atoms with Gasteiger partial charge in [-0.1, -0.05) is 0 Å². The molecule has 1 aromatic heterocycles. The molecule has 0 fully saturated rings. The third-order valence-corrected chi connectivity index (χ3v) is 5.73. The Morgan fingerprint density at radius 3 is 2.92 bits per heavy atom. The van der Waals surface area contributed by atoms with E-state index >= 15 is 0 Å². The summed E-state index contributed by atoms with van der Waals surface area (Å²) in [6, 6.07) is 1.80. The largest absolute Gasteiger partial charge is 0.383 e. The summed E-state index contributed by atoms with van der Waals surface area (Å²) in [5.41, 5.74) is 1.47. The number of amides is 1. The first kappa shape index (κ1) is 19.2. The number of sulfonamides is 1. The van der Waals surface area contributed by atoms with Crippen LogP contribution in [0.5, 0.6) is 0 Å². The van der Waals surface area contributed by atoms with Crippen molar-refractivity contribution in [2.45, 2.75) is 38.6 Å². The molecule has 1 aliphatic heterocycles. The van der Waals surface area contributed by atoms with Gasteiger partial charge in [-0.15, -0.1) is 0 Å². The standard InChI is InChI=1S/C14H24N4O4S2/c1-23-7-4-13(19)14(20)15-9-11-8-12-10-17(24(2,21)22)5-3-6-18(12)16-11/h8,13,19H,3-7,9-10H2,1-2H3,(H,15,20). The normalized spacial score (nSPS) is 17.1. The SMILES string of the molecule is CSCCC(O)C(=O)NCc1cc2n(n1)CCCN(S(C)(=O)=O)C2. The van der Waals surface area contributed by atoms with Gasteiger partial charge in [0.25, 0.3) is 0 Å². The van der Waals surface area contributed by atoms with Gasteiger partial charge in [-0.05, 0) is 30.9 Å². The predicted molar refractivity (Wildman–Crippen MR) is 93.0 cm³/mol. The maximum atomic E-state index is 11.8. The maximum absolute atomic E-state index is 11.8. The predicted octanol–water partition coefficient (Wildman–Crippen LogP) is -0.221. The number of nitrogens with one attached hydrogen (secondary N) is 1. The van der Waals surface area contributed by atoms with Crippen LogP contribution in [0.2, 0.25) is 0 Å². The molecule has 0 spiro atoms. The van der Waals surface area contributed by atoms with Crippen LogP contribution in [0.4, 0.5) is 0 Å². The number of aliphatic hydroxyl groups excluding tert-OH is 1. The van der Waals surface area contributed by atoms with Crippen molar-refractivity contribution in [3.05, 3.63) is 17.5 Å². The number of aliphatic hydroxyl groups is 1. The summed E-state index contributed by atoms with van der Waals surface area (Å²) in [4.78, 5) is 11.8. The van der Waals surface area contributed by atoms with Crippen molar-refractivity contribution in [3.8, 4) is 0 Å². The smallest absolute Gasteiger partial charge is 0.249 e. The molecule has 0 saturated carbocycles. The maximum Gasteiger partial charge on any atom is 0.249 e. The van der Waals surface area contributed by atoms with E-state index in [0.717, 1.165) is 5.69 Å². The Bertz CT molecular complexity index is 674. The molecular weight excluding hydrogens is 352 g/mol. The summed E-state index contributed by atoms with van der Waals surface area (Å²) >= 11 is 1.57. The number of hydrogen-bond acceptors (Lipinski definition) is 6. The fraction of sp³-hybridized carbons (Fsp3) is 0.714. The number of carbonyl (C=O) groups excluding carboxylic acids is 1. The summed E-state index contributed by atoms with van der Waals surface area (Å²) in [5, 5.41) is 16.8. The zero-order chi connectivity index (χ0) is 17.7. The van der Waals surface area contributed by atoms with Crippen LogP contribution in [0.3, 0.4) is 0 Å². The molecular formula is C14H24N4O4S2. The van der Waals surface area contributed by atoms with Crippen LogP contribution >= 0.6 is 11.8 Å². The highest BCUT2D eigenvalue weighted by Crippen LogP contribution is 2.16. The second-order valence-corrected chi connectivity index (χ2v) is 8.78. The fourth-order valence-corrected chi connectivity index (χ4v) is 3.80. The molecule has 1 atom stereocenters. The lowest BCUT2D eigenvalue weighted by Crippen LogP contribution is -2.34. The lowest BCUT2D eigenvalue weighted by atomic mass is 10.2. The lowest BCUT2D eigenvalue weighted by molar-refractivity contribution is -0.129. The molecule has 2 heterocycles. The molecule has 1 aliphatic rings. The molecule has 0 bridgehead atoms. The third-order valence-electron chi connectivity index (χ3n) is 3.84. The van der Waals surface area contributed by atoms with E-state index in [1.807, 2.05) is 6.26 Å². The summed E-state index contributed by atoms with van der Waals surface area (Å²) in [7, 11) is -3.24. The molecule has 10 heteroatoms. The van der Waals surface area contributed by atoms with Crippen molar-refractivity contribution in [3.63, 3.8) is 0 Å². The van der Waals surface area contributed by atoms with Gasteiger partial charge in [-0.25, -0.2) is 8.42 Å². The Kier molecular flexibility index (Phi) is 6.67. The number of hydrogen-bond donors (Lipinski definition) is 2. The molecule has 1 amide bonds. The van der Waals surface area contributed by atoms with Gasteiger partial charge in [-0.2, -0.15) is 21.2 Å². The molecule has 136 valence electrons. The average molecular weight is 377 g/mol. The molecule has 0 aromatic carbocycles. The minimum absolute atomic E-state index is 0.216. The van der Waals surface area contributed by atoms with E-state index < -0.39 is 22.0 Å².